The maximum atomic E-state index is 11.4. The molecule has 2 aromatic carbocycles. The van der Waals surface area contributed by atoms with Crippen LogP contribution < -0.4 is 0 Å². The lowest BCUT2D eigenvalue weighted by Crippen LogP contribution is -2.09. The zero-order valence-electron chi connectivity index (χ0n) is 11.8. The second-order valence-corrected chi connectivity index (χ2v) is 5.33. The summed E-state index contributed by atoms with van der Waals surface area (Å²) in [7, 11) is 1.27. The quantitative estimate of drug-likeness (QED) is 0.688. The van der Waals surface area contributed by atoms with E-state index in [9.17, 15) is 4.79 Å². The second-order valence-electron chi connectivity index (χ2n) is 4.45. The summed E-state index contributed by atoms with van der Waals surface area (Å²) in [4.78, 5) is 11.4. The molecule has 0 radical (unpaired) electrons. The van der Waals surface area contributed by atoms with Gasteiger partial charge in [-0.15, -0.1) is 0 Å². The molecular weight excluding hydrogens is 323 g/mol. The van der Waals surface area contributed by atoms with E-state index in [4.69, 9.17) is 27.9 Å². The molecule has 0 aliphatic rings. The lowest BCUT2D eigenvalue weighted by Gasteiger charge is -2.14. The van der Waals surface area contributed by atoms with E-state index in [1.54, 1.807) is 42.5 Å². The van der Waals surface area contributed by atoms with Crippen LogP contribution in [-0.4, -0.2) is 13.3 Å². The number of ether oxygens (including phenoxy) is 2. The first-order chi connectivity index (χ1) is 10.6. The van der Waals surface area contributed by atoms with Crippen molar-refractivity contribution in [3.05, 3.63) is 75.8 Å². The molecule has 5 heteroatoms. The van der Waals surface area contributed by atoms with E-state index in [0.717, 1.165) is 11.1 Å². The van der Waals surface area contributed by atoms with Crippen molar-refractivity contribution in [3.8, 4) is 0 Å². The monoisotopic (exact) mass is 336 g/mol. The predicted molar refractivity (Wildman–Crippen MR) is 88.2 cm³/mol. The van der Waals surface area contributed by atoms with Crippen LogP contribution in [0.2, 0.25) is 10.0 Å². The van der Waals surface area contributed by atoms with E-state index in [1.165, 1.54) is 7.11 Å². The third kappa shape index (κ3) is 4.79. The van der Waals surface area contributed by atoms with Gasteiger partial charge in [-0.3, -0.25) is 0 Å². The molecule has 0 heterocycles. The first-order valence-corrected chi connectivity index (χ1v) is 7.28. The Morgan fingerprint density at radius 3 is 2.09 bits per heavy atom. The Kier molecular flexibility index (Phi) is 5.87. The molecule has 2 aromatic rings. The Morgan fingerprint density at radius 1 is 1.00 bits per heavy atom. The van der Waals surface area contributed by atoms with Crippen molar-refractivity contribution >= 4 is 35.4 Å². The van der Waals surface area contributed by atoms with Gasteiger partial charge >= 0.3 is 6.16 Å². The van der Waals surface area contributed by atoms with Crippen LogP contribution in [0.5, 0.6) is 0 Å². The highest BCUT2D eigenvalue weighted by Gasteiger charge is 2.14. The highest BCUT2D eigenvalue weighted by Crippen LogP contribution is 2.23. The van der Waals surface area contributed by atoms with Crippen molar-refractivity contribution in [2.45, 2.75) is 6.10 Å². The molecular formula is C17H14Cl2O3. The number of hydrogen-bond donors (Lipinski definition) is 0. The number of benzene rings is 2. The van der Waals surface area contributed by atoms with Gasteiger partial charge in [0.2, 0.25) is 0 Å². The molecule has 0 saturated heterocycles. The summed E-state index contributed by atoms with van der Waals surface area (Å²) >= 11 is 11.7. The van der Waals surface area contributed by atoms with Crippen LogP contribution in [0.1, 0.15) is 17.2 Å². The van der Waals surface area contributed by atoms with Gasteiger partial charge in [-0.2, -0.15) is 0 Å². The summed E-state index contributed by atoms with van der Waals surface area (Å²) in [6.07, 6.45) is 2.29. The van der Waals surface area contributed by atoms with Crippen LogP contribution >= 0.6 is 23.2 Å². The van der Waals surface area contributed by atoms with Crippen molar-refractivity contribution in [1.82, 2.24) is 0 Å². The molecule has 0 amide bonds. The average molecular weight is 337 g/mol. The zero-order chi connectivity index (χ0) is 15.9. The van der Waals surface area contributed by atoms with Crippen LogP contribution in [0.3, 0.4) is 0 Å². The molecule has 0 bridgehead atoms. The van der Waals surface area contributed by atoms with Crippen LogP contribution in [0.15, 0.2) is 54.6 Å². The van der Waals surface area contributed by atoms with E-state index in [2.05, 4.69) is 4.74 Å². The maximum Gasteiger partial charge on any atom is 0.508 e. The summed E-state index contributed by atoms with van der Waals surface area (Å²) in [5, 5.41) is 1.28. The molecule has 0 N–H and O–H groups in total. The molecule has 0 saturated carbocycles. The smallest absolute Gasteiger partial charge is 0.438 e. The van der Waals surface area contributed by atoms with Crippen LogP contribution in [0, 0.1) is 0 Å². The van der Waals surface area contributed by atoms with Gasteiger partial charge in [0.1, 0.15) is 6.10 Å². The number of methoxy groups -OCH3 is 1. The minimum Gasteiger partial charge on any atom is -0.438 e. The molecule has 22 heavy (non-hydrogen) atoms. The number of hydrogen-bond acceptors (Lipinski definition) is 3. The minimum atomic E-state index is -0.749. The molecule has 114 valence electrons. The molecule has 2 rings (SSSR count). The highest BCUT2D eigenvalue weighted by atomic mass is 35.5. The van der Waals surface area contributed by atoms with Gasteiger partial charge in [-0.05, 0) is 41.5 Å². The van der Waals surface area contributed by atoms with Crippen LogP contribution in [0.4, 0.5) is 4.79 Å². The van der Waals surface area contributed by atoms with E-state index in [0.29, 0.717) is 10.0 Å². The van der Waals surface area contributed by atoms with Crippen LogP contribution in [-0.2, 0) is 9.47 Å². The zero-order valence-corrected chi connectivity index (χ0v) is 13.3. The summed E-state index contributed by atoms with van der Waals surface area (Å²) < 4.78 is 9.81. The van der Waals surface area contributed by atoms with E-state index in [-0.39, 0.29) is 0 Å². The molecule has 0 spiro atoms. The Balaban J connectivity index is 2.21. The average Bonchev–Trinajstić information content (AvgIpc) is 2.53. The summed E-state index contributed by atoms with van der Waals surface area (Å²) in [5.41, 5.74) is 1.73. The fraction of sp³-hybridized carbons (Fsp3) is 0.118. The number of rotatable bonds is 4. The molecule has 1 atom stereocenters. The van der Waals surface area contributed by atoms with Crippen molar-refractivity contribution in [2.75, 3.05) is 7.11 Å². The van der Waals surface area contributed by atoms with Crippen molar-refractivity contribution in [3.63, 3.8) is 0 Å². The number of carbonyl (C=O) groups is 1. The first-order valence-electron chi connectivity index (χ1n) is 6.52. The van der Waals surface area contributed by atoms with Gasteiger partial charge in [-0.25, -0.2) is 4.79 Å². The fourth-order valence-corrected chi connectivity index (χ4v) is 2.05. The van der Waals surface area contributed by atoms with Crippen molar-refractivity contribution < 1.29 is 14.3 Å². The van der Waals surface area contributed by atoms with E-state index < -0.39 is 12.3 Å². The Hall–Kier alpha value is -1.97. The normalized spacial score (nSPS) is 12.1. The van der Waals surface area contributed by atoms with Gasteiger partial charge in [0.05, 0.1) is 7.11 Å². The number of carbonyl (C=O) groups excluding carboxylic acids is 1. The summed E-state index contributed by atoms with van der Waals surface area (Å²) in [5.74, 6) is 0. The lowest BCUT2D eigenvalue weighted by molar-refractivity contribution is 0.0524. The Morgan fingerprint density at radius 2 is 1.55 bits per heavy atom. The maximum absolute atomic E-state index is 11.4. The van der Waals surface area contributed by atoms with Gasteiger partial charge in [0, 0.05) is 10.0 Å². The van der Waals surface area contributed by atoms with Gasteiger partial charge in [-0.1, -0.05) is 53.5 Å². The SMILES string of the molecule is COC(=O)OC(/C=C/c1ccc(Cl)cc1)c1ccc(Cl)cc1. The lowest BCUT2D eigenvalue weighted by atomic mass is 10.1. The van der Waals surface area contributed by atoms with Gasteiger partial charge < -0.3 is 9.47 Å². The molecule has 0 fully saturated rings. The van der Waals surface area contributed by atoms with Gasteiger partial charge in [0.25, 0.3) is 0 Å². The molecule has 0 aliphatic heterocycles. The topological polar surface area (TPSA) is 35.5 Å². The van der Waals surface area contributed by atoms with Crippen LogP contribution in [0.25, 0.3) is 6.08 Å². The number of halogens is 2. The third-order valence-electron chi connectivity index (χ3n) is 2.92. The molecule has 3 nitrogen and oxygen atoms in total. The fourth-order valence-electron chi connectivity index (χ4n) is 1.80. The summed E-state index contributed by atoms with van der Waals surface area (Å²) in [6, 6.07) is 14.4. The first kappa shape index (κ1) is 16.4. The Labute approximate surface area is 139 Å². The van der Waals surface area contributed by atoms with E-state index in [1.807, 2.05) is 18.2 Å². The third-order valence-corrected chi connectivity index (χ3v) is 3.43. The van der Waals surface area contributed by atoms with Gasteiger partial charge in [0.15, 0.2) is 0 Å². The van der Waals surface area contributed by atoms with Crippen molar-refractivity contribution in [1.29, 1.82) is 0 Å². The largest absolute Gasteiger partial charge is 0.508 e. The second kappa shape index (κ2) is 7.87. The highest BCUT2D eigenvalue weighted by molar-refractivity contribution is 6.30. The molecule has 1 unspecified atom stereocenters. The predicted octanol–water partition coefficient (Wildman–Crippen LogP) is 5.53. The molecule has 0 aliphatic carbocycles. The van der Waals surface area contributed by atoms with E-state index >= 15 is 0 Å². The minimum absolute atomic E-state index is 0.569. The molecule has 0 aromatic heterocycles. The Bertz CT molecular complexity index is 649. The summed E-state index contributed by atoms with van der Waals surface area (Å²) in [6.45, 7) is 0. The standard InChI is InChI=1S/C17H14Cl2O3/c1-21-17(20)22-16(13-5-9-15(19)10-6-13)11-4-12-2-7-14(18)8-3-12/h2-11,16H,1H3/b11-4+. The van der Waals surface area contributed by atoms with Crippen molar-refractivity contribution in [2.24, 2.45) is 0 Å².